The minimum absolute atomic E-state index is 0.0429. The third kappa shape index (κ3) is 5.16. The summed E-state index contributed by atoms with van der Waals surface area (Å²) in [7, 11) is 1.63. The van der Waals surface area contributed by atoms with Crippen molar-refractivity contribution in [1.82, 2.24) is 4.90 Å². The second-order valence-corrected chi connectivity index (χ2v) is 3.34. The van der Waals surface area contributed by atoms with Crippen molar-refractivity contribution in [3.63, 3.8) is 0 Å². The van der Waals surface area contributed by atoms with Crippen molar-refractivity contribution in [3.8, 4) is 0 Å². The van der Waals surface area contributed by atoms with E-state index in [4.69, 9.17) is 10.5 Å². The summed E-state index contributed by atoms with van der Waals surface area (Å²) in [6, 6.07) is -0.389. The van der Waals surface area contributed by atoms with E-state index in [0.717, 1.165) is 0 Å². The van der Waals surface area contributed by atoms with Gasteiger partial charge in [-0.1, -0.05) is 0 Å². The molecule has 0 fully saturated rings. The number of nitrogens with zero attached hydrogens (tertiary/aromatic N) is 1. The zero-order valence-electron chi connectivity index (χ0n) is 9.06. The van der Waals surface area contributed by atoms with E-state index in [1.54, 1.807) is 14.0 Å². The van der Waals surface area contributed by atoms with Gasteiger partial charge in [0.25, 0.3) is 0 Å². The van der Waals surface area contributed by atoms with Crippen molar-refractivity contribution in [2.45, 2.75) is 32.4 Å². The predicted octanol–water partition coefficient (Wildman–Crippen LogP) is -0.463. The van der Waals surface area contributed by atoms with Gasteiger partial charge in [-0.2, -0.15) is 0 Å². The van der Waals surface area contributed by atoms with Gasteiger partial charge in [-0.15, -0.1) is 0 Å². The maximum atomic E-state index is 11.4. The quantitative estimate of drug-likeness (QED) is 0.574. The third-order valence-corrected chi connectivity index (χ3v) is 1.91. The van der Waals surface area contributed by atoms with E-state index in [1.807, 2.05) is 6.92 Å². The largest absolute Gasteiger partial charge is 0.391 e. The molecule has 0 aliphatic carbocycles. The second kappa shape index (κ2) is 6.75. The van der Waals surface area contributed by atoms with Crippen LogP contribution >= 0.6 is 0 Å². The lowest BCUT2D eigenvalue weighted by Crippen LogP contribution is -2.38. The Morgan fingerprint density at radius 2 is 2.21 bits per heavy atom. The van der Waals surface area contributed by atoms with Crippen LogP contribution in [0.4, 0.5) is 0 Å². The second-order valence-electron chi connectivity index (χ2n) is 3.34. The van der Waals surface area contributed by atoms with Crippen LogP contribution in [0.25, 0.3) is 0 Å². The first-order chi connectivity index (χ1) is 6.49. The Bertz CT molecular complexity index is 173. The Morgan fingerprint density at radius 1 is 1.64 bits per heavy atom. The lowest BCUT2D eigenvalue weighted by Gasteiger charge is -2.20. The molecule has 0 saturated carbocycles. The highest BCUT2D eigenvalue weighted by Crippen LogP contribution is 2.00. The monoisotopic (exact) mass is 204 g/mol. The number of carbonyl (C=O) groups excluding carboxylic acids is 1. The fourth-order valence-electron chi connectivity index (χ4n) is 0.821. The fraction of sp³-hybridized carbons (Fsp3) is 0.889. The van der Waals surface area contributed by atoms with E-state index in [9.17, 15) is 9.90 Å². The highest BCUT2D eigenvalue weighted by molar-refractivity contribution is 5.76. The number of nitrogens with two attached hydrogens (primary N) is 1. The standard InChI is InChI=1S/C9H20N2O3/c1-4-14-6-11(3)9(13)5-8(12)7(2)10/h7-8,12H,4-6,10H2,1-3H3. The van der Waals surface area contributed by atoms with E-state index in [2.05, 4.69) is 0 Å². The average molecular weight is 204 g/mol. The summed E-state index contributed by atoms with van der Waals surface area (Å²) in [5, 5.41) is 9.36. The van der Waals surface area contributed by atoms with Crippen LogP contribution in [0, 0.1) is 0 Å². The van der Waals surface area contributed by atoms with Crippen LogP contribution in [-0.4, -0.2) is 48.4 Å². The summed E-state index contributed by atoms with van der Waals surface area (Å²) in [6.45, 7) is 4.34. The van der Waals surface area contributed by atoms with Crippen molar-refractivity contribution < 1.29 is 14.6 Å². The summed E-state index contributed by atoms with van der Waals surface area (Å²) in [5.74, 6) is -0.164. The van der Waals surface area contributed by atoms with Crippen molar-refractivity contribution in [2.24, 2.45) is 5.73 Å². The number of aliphatic hydroxyl groups excluding tert-OH is 1. The fourth-order valence-corrected chi connectivity index (χ4v) is 0.821. The maximum absolute atomic E-state index is 11.4. The molecule has 0 bridgehead atoms. The molecular formula is C9H20N2O3. The average Bonchev–Trinajstić information content (AvgIpc) is 2.13. The molecule has 0 aromatic rings. The van der Waals surface area contributed by atoms with Crippen LogP contribution in [0.5, 0.6) is 0 Å². The highest BCUT2D eigenvalue weighted by Gasteiger charge is 2.17. The number of hydrogen-bond donors (Lipinski definition) is 2. The molecule has 5 nitrogen and oxygen atoms in total. The number of carbonyl (C=O) groups is 1. The van der Waals surface area contributed by atoms with Gasteiger partial charge >= 0.3 is 0 Å². The molecule has 3 N–H and O–H groups in total. The van der Waals surface area contributed by atoms with Crippen LogP contribution in [-0.2, 0) is 9.53 Å². The molecule has 0 aromatic heterocycles. The molecule has 14 heavy (non-hydrogen) atoms. The summed E-state index contributed by atoms with van der Waals surface area (Å²) in [5.41, 5.74) is 5.43. The van der Waals surface area contributed by atoms with Gasteiger partial charge in [-0.05, 0) is 13.8 Å². The van der Waals surface area contributed by atoms with E-state index in [0.29, 0.717) is 6.61 Å². The molecule has 0 spiro atoms. The van der Waals surface area contributed by atoms with Crippen molar-refractivity contribution in [3.05, 3.63) is 0 Å². The zero-order valence-corrected chi connectivity index (χ0v) is 9.06. The molecule has 0 aromatic carbocycles. The van der Waals surface area contributed by atoms with Gasteiger partial charge in [0.1, 0.15) is 6.73 Å². The summed E-state index contributed by atoms with van der Waals surface area (Å²) >= 11 is 0. The first-order valence-corrected chi connectivity index (χ1v) is 4.74. The molecule has 84 valence electrons. The van der Waals surface area contributed by atoms with Gasteiger partial charge in [-0.3, -0.25) is 4.79 Å². The Kier molecular flexibility index (Phi) is 6.44. The van der Waals surface area contributed by atoms with Crippen molar-refractivity contribution >= 4 is 5.91 Å². The minimum Gasteiger partial charge on any atom is -0.391 e. The van der Waals surface area contributed by atoms with E-state index >= 15 is 0 Å². The summed E-state index contributed by atoms with van der Waals surface area (Å²) < 4.78 is 5.05. The van der Waals surface area contributed by atoms with Crippen LogP contribution < -0.4 is 5.73 Å². The SMILES string of the molecule is CCOCN(C)C(=O)CC(O)C(C)N. The molecule has 0 rings (SSSR count). The lowest BCUT2D eigenvalue weighted by atomic mass is 10.1. The highest BCUT2D eigenvalue weighted by atomic mass is 16.5. The van der Waals surface area contributed by atoms with E-state index < -0.39 is 6.10 Å². The number of rotatable bonds is 6. The molecule has 1 amide bonds. The first kappa shape index (κ1) is 13.4. The summed E-state index contributed by atoms with van der Waals surface area (Å²) in [4.78, 5) is 12.8. The van der Waals surface area contributed by atoms with Gasteiger partial charge in [0.15, 0.2) is 0 Å². The topological polar surface area (TPSA) is 75.8 Å². The third-order valence-electron chi connectivity index (χ3n) is 1.91. The van der Waals surface area contributed by atoms with Crippen molar-refractivity contribution in [1.29, 1.82) is 0 Å². The van der Waals surface area contributed by atoms with Gasteiger partial charge < -0.3 is 20.5 Å². The minimum atomic E-state index is -0.786. The van der Waals surface area contributed by atoms with Gasteiger partial charge in [-0.25, -0.2) is 0 Å². The van der Waals surface area contributed by atoms with E-state index in [1.165, 1.54) is 4.90 Å². The molecule has 0 aliphatic rings. The maximum Gasteiger partial charge on any atom is 0.226 e. The van der Waals surface area contributed by atoms with Gasteiger partial charge in [0.2, 0.25) is 5.91 Å². The van der Waals surface area contributed by atoms with Crippen LogP contribution in [0.1, 0.15) is 20.3 Å². The molecule has 5 heteroatoms. The predicted molar refractivity (Wildman–Crippen MR) is 53.5 cm³/mol. The lowest BCUT2D eigenvalue weighted by molar-refractivity contribution is -0.137. The molecule has 0 heterocycles. The van der Waals surface area contributed by atoms with Crippen LogP contribution in [0.15, 0.2) is 0 Å². The molecule has 0 aliphatic heterocycles. The number of aliphatic hydroxyl groups is 1. The number of amides is 1. The Hall–Kier alpha value is -0.650. The van der Waals surface area contributed by atoms with Crippen LogP contribution in [0.3, 0.4) is 0 Å². The molecule has 0 radical (unpaired) electrons. The zero-order chi connectivity index (χ0) is 11.1. The van der Waals surface area contributed by atoms with Crippen LogP contribution in [0.2, 0.25) is 0 Å². The Balaban J connectivity index is 3.82. The number of ether oxygens (including phenoxy) is 1. The Morgan fingerprint density at radius 3 is 2.64 bits per heavy atom. The molecule has 2 atom stereocenters. The molecule has 0 saturated heterocycles. The van der Waals surface area contributed by atoms with Crippen molar-refractivity contribution in [2.75, 3.05) is 20.4 Å². The Labute approximate surface area is 84.8 Å². The first-order valence-electron chi connectivity index (χ1n) is 4.74. The molecular weight excluding hydrogens is 184 g/mol. The van der Waals surface area contributed by atoms with Gasteiger partial charge in [0.05, 0.1) is 12.5 Å². The summed E-state index contributed by atoms with van der Waals surface area (Å²) in [6.07, 6.45) is -0.743. The normalized spacial score (nSPS) is 14.9. The van der Waals surface area contributed by atoms with Gasteiger partial charge in [0, 0.05) is 19.7 Å². The smallest absolute Gasteiger partial charge is 0.226 e. The molecule has 2 unspecified atom stereocenters. The number of hydrogen-bond acceptors (Lipinski definition) is 4. The van der Waals surface area contributed by atoms with E-state index in [-0.39, 0.29) is 25.1 Å².